The van der Waals surface area contributed by atoms with E-state index in [0.717, 1.165) is 18.0 Å². The number of benzene rings is 1. The predicted octanol–water partition coefficient (Wildman–Crippen LogP) is 6.28. The zero-order valence-corrected chi connectivity index (χ0v) is 18.1. The van der Waals surface area contributed by atoms with Crippen LogP contribution in [0.25, 0.3) is 6.08 Å². The van der Waals surface area contributed by atoms with E-state index in [1.165, 1.54) is 49.0 Å². The largest absolute Gasteiger partial charge is 0.395 e. The van der Waals surface area contributed by atoms with Crippen LogP contribution in [0.3, 0.4) is 0 Å². The molecular weight excluding hydrogens is 356 g/mol. The molecule has 0 aromatic heterocycles. The van der Waals surface area contributed by atoms with Crippen molar-refractivity contribution in [2.24, 2.45) is 17.0 Å². The van der Waals surface area contributed by atoms with Gasteiger partial charge in [-0.1, -0.05) is 55.6 Å². The summed E-state index contributed by atoms with van der Waals surface area (Å²) in [5, 5.41) is 5.44. The van der Waals surface area contributed by atoms with Crippen molar-refractivity contribution in [3.63, 3.8) is 0 Å². The fourth-order valence-corrected chi connectivity index (χ4v) is 3.87. The Balaban J connectivity index is 2.15. The summed E-state index contributed by atoms with van der Waals surface area (Å²) in [6, 6.07) is 8.04. The number of unbranched alkanes of at least 4 members (excludes halogenated alkanes) is 1. The average Bonchev–Trinajstić information content (AvgIpc) is 2.62. The first-order chi connectivity index (χ1) is 13.0. The van der Waals surface area contributed by atoms with Crippen LogP contribution in [0, 0.1) is 11.8 Å². The van der Waals surface area contributed by atoms with E-state index in [0.29, 0.717) is 18.4 Å². The lowest BCUT2D eigenvalue weighted by atomic mass is 9.80. The highest BCUT2D eigenvalue weighted by atomic mass is 35.5. The van der Waals surface area contributed by atoms with Gasteiger partial charge in [0.15, 0.2) is 0 Å². The Hall–Kier alpha value is -1.32. The maximum Gasteiger partial charge on any atom is 0.120 e. The molecule has 150 valence electrons. The van der Waals surface area contributed by atoms with Gasteiger partial charge >= 0.3 is 0 Å². The third kappa shape index (κ3) is 7.67. The molecule has 0 N–H and O–H groups in total. The summed E-state index contributed by atoms with van der Waals surface area (Å²) in [6.07, 6.45) is 9.44. The normalized spacial score (nSPS) is 21.8. The van der Waals surface area contributed by atoms with Gasteiger partial charge in [0.2, 0.25) is 0 Å². The molecule has 1 fully saturated rings. The van der Waals surface area contributed by atoms with Gasteiger partial charge in [-0.15, -0.1) is 0 Å². The first-order valence-corrected chi connectivity index (χ1v) is 10.7. The van der Waals surface area contributed by atoms with Gasteiger partial charge in [0.05, 0.1) is 5.71 Å². The van der Waals surface area contributed by atoms with Crippen LogP contribution in [0.4, 0.5) is 0 Å². The van der Waals surface area contributed by atoms with Crippen molar-refractivity contribution in [2.75, 3.05) is 27.2 Å². The van der Waals surface area contributed by atoms with Crippen LogP contribution in [0.5, 0.6) is 0 Å². The molecule has 1 saturated carbocycles. The Morgan fingerprint density at radius 3 is 2.70 bits per heavy atom. The highest BCUT2D eigenvalue weighted by Gasteiger charge is 2.25. The molecule has 0 spiro atoms. The number of nitrogens with zero attached hydrogens (tertiary/aromatic N) is 2. The minimum Gasteiger partial charge on any atom is -0.395 e. The van der Waals surface area contributed by atoms with E-state index in [9.17, 15) is 0 Å². The average molecular weight is 391 g/mol. The first kappa shape index (κ1) is 22.0. The van der Waals surface area contributed by atoms with Gasteiger partial charge in [0.1, 0.15) is 6.61 Å². The summed E-state index contributed by atoms with van der Waals surface area (Å²) in [5.41, 5.74) is 3.67. The van der Waals surface area contributed by atoms with Gasteiger partial charge in [-0.2, -0.15) is 0 Å². The third-order valence-corrected chi connectivity index (χ3v) is 5.28. The molecule has 3 nitrogen and oxygen atoms in total. The fourth-order valence-electron chi connectivity index (χ4n) is 3.75. The van der Waals surface area contributed by atoms with Crippen LogP contribution in [0.15, 0.2) is 35.0 Å². The van der Waals surface area contributed by atoms with Crippen LogP contribution in [-0.4, -0.2) is 37.9 Å². The zero-order chi connectivity index (χ0) is 19.6. The summed E-state index contributed by atoms with van der Waals surface area (Å²) in [4.78, 5) is 8.02. The van der Waals surface area contributed by atoms with Crippen LogP contribution in [0.1, 0.15) is 57.9 Å². The van der Waals surface area contributed by atoms with Crippen molar-refractivity contribution in [3.8, 4) is 0 Å². The van der Waals surface area contributed by atoms with E-state index in [1.54, 1.807) is 0 Å². The van der Waals surface area contributed by atoms with E-state index in [-0.39, 0.29) is 0 Å². The minimum atomic E-state index is 0.464. The number of hydrogen-bond donors (Lipinski definition) is 0. The second-order valence-electron chi connectivity index (χ2n) is 8.09. The van der Waals surface area contributed by atoms with Gasteiger partial charge in [-0.3, -0.25) is 0 Å². The Kier molecular flexibility index (Phi) is 9.36. The molecule has 1 aliphatic carbocycles. The molecule has 2 rings (SSSR count). The lowest BCUT2D eigenvalue weighted by Crippen LogP contribution is -2.24. The van der Waals surface area contributed by atoms with E-state index in [2.05, 4.69) is 56.2 Å². The van der Waals surface area contributed by atoms with E-state index < -0.39 is 0 Å². The van der Waals surface area contributed by atoms with Gasteiger partial charge in [-0.05, 0) is 69.1 Å². The van der Waals surface area contributed by atoms with E-state index in [1.807, 2.05) is 12.1 Å². The molecule has 1 aliphatic rings. The number of allylic oxidation sites excluding steroid dienone is 1. The zero-order valence-electron chi connectivity index (χ0n) is 17.4. The number of hydrogen-bond acceptors (Lipinski definition) is 3. The molecule has 0 bridgehead atoms. The molecule has 0 unspecified atom stereocenters. The van der Waals surface area contributed by atoms with Crippen molar-refractivity contribution >= 4 is 23.4 Å². The molecule has 4 heteroatoms. The monoisotopic (exact) mass is 390 g/mol. The Labute approximate surface area is 170 Å². The van der Waals surface area contributed by atoms with Crippen molar-refractivity contribution in [2.45, 2.75) is 52.4 Å². The molecule has 0 saturated heterocycles. The number of halogens is 1. The fraction of sp³-hybridized carbons (Fsp3) is 0.609. The van der Waals surface area contributed by atoms with E-state index in [4.69, 9.17) is 16.4 Å². The van der Waals surface area contributed by atoms with Gasteiger partial charge in [0, 0.05) is 23.4 Å². The molecule has 1 aromatic carbocycles. The summed E-state index contributed by atoms with van der Waals surface area (Å²) in [6.45, 7) is 6.14. The number of rotatable bonds is 9. The van der Waals surface area contributed by atoms with Crippen LogP contribution >= 0.6 is 11.6 Å². The molecule has 27 heavy (non-hydrogen) atoms. The molecule has 0 heterocycles. The summed E-state index contributed by atoms with van der Waals surface area (Å²) in [5.74, 6) is 0.979. The Bertz CT molecular complexity index is 622. The van der Waals surface area contributed by atoms with Crippen LogP contribution in [-0.2, 0) is 4.84 Å². The molecule has 1 aromatic rings. The molecule has 0 amide bonds. The second-order valence-corrected chi connectivity index (χ2v) is 8.53. The number of oxime groups is 1. The van der Waals surface area contributed by atoms with Crippen molar-refractivity contribution < 1.29 is 4.84 Å². The predicted molar refractivity (Wildman–Crippen MR) is 117 cm³/mol. The lowest BCUT2D eigenvalue weighted by molar-refractivity contribution is 0.100. The van der Waals surface area contributed by atoms with Gasteiger partial charge in [0.25, 0.3) is 0 Å². The van der Waals surface area contributed by atoms with Gasteiger partial charge < -0.3 is 9.74 Å². The standard InChI is InChI=1S/C23H35ClN2O/c1-5-6-8-20-9-7-10-21(15-19-11-13-22(24)14-12-19)23(20)25-27-17-18(2)16-26(3)4/h11-15,18,20H,5-10,16-17H2,1-4H3/t18-,20+/m0/s1. The third-order valence-electron chi connectivity index (χ3n) is 5.03. The summed E-state index contributed by atoms with van der Waals surface area (Å²) < 4.78 is 0. The second kappa shape index (κ2) is 11.5. The molecular formula is C23H35ClN2O. The first-order valence-electron chi connectivity index (χ1n) is 10.3. The van der Waals surface area contributed by atoms with Gasteiger partial charge in [-0.25, -0.2) is 0 Å². The van der Waals surface area contributed by atoms with Crippen molar-refractivity contribution in [1.29, 1.82) is 0 Å². The Morgan fingerprint density at radius 2 is 2.04 bits per heavy atom. The lowest BCUT2D eigenvalue weighted by Gasteiger charge is -2.26. The molecule has 0 aliphatic heterocycles. The topological polar surface area (TPSA) is 24.8 Å². The maximum atomic E-state index is 6.03. The minimum absolute atomic E-state index is 0.464. The van der Waals surface area contributed by atoms with Crippen molar-refractivity contribution in [3.05, 3.63) is 40.4 Å². The van der Waals surface area contributed by atoms with Crippen LogP contribution in [0.2, 0.25) is 5.02 Å². The SMILES string of the molecule is CCCC[C@@H]1CCCC(=Cc2ccc(Cl)cc2)C1=NOC[C@@H](C)CN(C)C. The molecule has 2 atom stereocenters. The smallest absolute Gasteiger partial charge is 0.120 e. The van der Waals surface area contributed by atoms with Crippen molar-refractivity contribution in [1.82, 2.24) is 4.90 Å². The highest BCUT2D eigenvalue weighted by Crippen LogP contribution is 2.31. The van der Waals surface area contributed by atoms with Crippen LogP contribution < -0.4 is 0 Å². The summed E-state index contributed by atoms with van der Waals surface area (Å²) in [7, 11) is 4.19. The summed E-state index contributed by atoms with van der Waals surface area (Å²) >= 11 is 6.03. The maximum absolute atomic E-state index is 6.03. The quantitative estimate of drug-likeness (QED) is 0.463. The highest BCUT2D eigenvalue weighted by molar-refractivity contribution is 6.30. The Morgan fingerprint density at radius 1 is 1.30 bits per heavy atom. The molecule has 0 radical (unpaired) electrons. The van der Waals surface area contributed by atoms with E-state index >= 15 is 0 Å².